The maximum absolute atomic E-state index is 5.74. The van der Waals surface area contributed by atoms with E-state index in [1.807, 2.05) is 21.6 Å². The molecular formula is C14H31NO2S2. The maximum atomic E-state index is 5.74. The molecule has 0 rings (SSSR count). The lowest BCUT2D eigenvalue weighted by Crippen LogP contribution is -2.24. The first-order chi connectivity index (χ1) is 9.02. The van der Waals surface area contributed by atoms with E-state index < -0.39 is 0 Å². The van der Waals surface area contributed by atoms with Crippen molar-refractivity contribution in [2.75, 3.05) is 25.5 Å². The summed E-state index contributed by atoms with van der Waals surface area (Å²) < 4.78 is 11.2. The molecule has 1 N–H and O–H groups in total. The summed E-state index contributed by atoms with van der Waals surface area (Å²) in [6.45, 7) is 13.4. The third-order valence-electron chi connectivity index (χ3n) is 2.28. The molecule has 1 atom stereocenters. The Bertz CT molecular complexity index is 192. The zero-order valence-electron chi connectivity index (χ0n) is 13.1. The van der Waals surface area contributed by atoms with Crippen LogP contribution < -0.4 is 5.32 Å². The van der Waals surface area contributed by atoms with Gasteiger partial charge in [-0.2, -0.15) is 0 Å². The highest BCUT2D eigenvalue weighted by Crippen LogP contribution is 2.26. The molecule has 0 radical (unpaired) electrons. The second-order valence-electron chi connectivity index (χ2n) is 5.09. The molecule has 3 nitrogen and oxygen atoms in total. The van der Waals surface area contributed by atoms with Gasteiger partial charge in [0.1, 0.15) is 5.44 Å². The molecule has 0 bridgehead atoms. The van der Waals surface area contributed by atoms with Gasteiger partial charge in [-0.05, 0) is 33.6 Å². The van der Waals surface area contributed by atoms with Gasteiger partial charge < -0.3 is 14.8 Å². The zero-order valence-corrected chi connectivity index (χ0v) is 14.7. The summed E-state index contributed by atoms with van der Waals surface area (Å²) >= 11 is 0. The highest BCUT2D eigenvalue weighted by molar-refractivity contribution is 8.76. The first kappa shape index (κ1) is 19.6. The van der Waals surface area contributed by atoms with Crippen LogP contribution >= 0.6 is 21.6 Å². The van der Waals surface area contributed by atoms with Gasteiger partial charge in [0, 0.05) is 31.6 Å². The third-order valence-corrected chi connectivity index (χ3v) is 4.92. The van der Waals surface area contributed by atoms with Gasteiger partial charge in [0.2, 0.25) is 0 Å². The fraction of sp³-hybridized carbons (Fsp3) is 1.00. The summed E-state index contributed by atoms with van der Waals surface area (Å²) in [4.78, 5) is 0. The highest BCUT2D eigenvalue weighted by Gasteiger charge is 2.03. The molecule has 0 saturated carbocycles. The third kappa shape index (κ3) is 16.5. The van der Waals surface area contributed by atoms with E-state index in [2.05, 4.69) is 39.9 Å². The van der Waals surface area contributed by atoms with Crippen LogP contribution in [0.1, 0.15) is 47.5 Å². The fourth-order valence-electron chi connectivity index (χ4n) is 1.33. The topological polar surface area (TPSA) is 30.5 Å². The Morgan fingerprint density at radius 1 is 0.947 bits per heavy atom. The molecule has 0 heterocycles. The van der Waals surface area contributed by atoms with Crippen LogP contribution in [0.3, 0.4) is 0 Å². The number of hydrogen-bond acceptors (Lipinski definition) is 5. The van der Waals surface area contributed by atoms with E-state index in [1.54, 1.807) is 0 Å². The molecule has 116 valence electrons. The molecule has 0 spiro atoms. The Morgan fingerprint density at radius 2 is 1.58 bits per heavy atom. The number of unbranched alkanes of at least 4 members (excludes halogenated alkanes) is 1. The first-order valence-electron chi connectivity index (χ1n) is 7.27. The van der Waals surface area contributed by atoms with Crippen LogP contribution in [0.4, 0.5) is 0 Å². The van der Waals surface area contributed by atoms with Crippen molar-refractivity contribution < 1.29 is 9.47 Å². The fourth-order valence-corrected chi connectivity index (χ4v) is 3.25. The molecule has 0 aromatic carbocycles. The molecule has 19 heavy (non-hydrogen) atoms. The summed E-state index contributed by atoms with van der Waals surface area (Å²) in [5, 5.41) is 3.41. The van der Waals surface area contributed by atoms with E-state index >= 15 is 0 Å². The van der Waals surface area contributed by atoms with Gasteiger partial charge in [-0.25, -0.2) is 0 Å². The molecule has 0 aromatic heterocycles. The van der Waals surface area contributed by atoms with Crippen molar-refractivity contribution in [2.24, 2.45) is 0 Å². The average Bonchev–Trinajstić information content (AvgIpc) is 2.32. The van der Waals surface area contributed by atoms with Gasteiger partial charge in [0.15, 0.2) is 0 Å². The van der Waals surface area contributed by atoms with Crippen molar-refractivity contribution in [3.63, 3.8) is 0 Å². The summed E-state index contributed by atoms with van der Waals surface area (Å²) in [6, 6.07) is 0.576. The summed E-state index contributed by atoms with van der Waals surface area (Å²) in [5.41, 5.74) is 0.273. The van der Waals surface area contributed by atoms with Crippen molar-refractivity contribution in [3.05, 3.63) is 0 Å². The van der Waals surface area contributed by atoms with Crippen LogP contribution in [-0.2, 0) is 9.47 Å². The van der Waals surface area contributed by atoms with Gasteiger partial charge in [0.25, 0.3) is 0 Å². The van der Waals surface area contributed by atoms with Crippen LogP contribution in [0.5, 0.6) is 0 Å². The van der Waals surface area contributed by atoms with Crippen molar-refractivity contribution in [1.82, 2.24) is 5.32 Å². The largest absolute Gasteiger partial charge is 0.379 e. The second kappa shape index (κ2) is 13.6. The van der Waals surface area contributed by atoms with Crippen molar-refractivity contribution in [1.29, 1.82) is 0 Å². The number of hydrogen-bond donors (Lipinski definition) is 1. The minimum atomic E-state index is 0.273. The molecule has 0 aliphatic heterocycles. The number of rotatable bonds is 13. The smallest absolute Gasteiger partial charge is 0.110 e. The summed E-state index contributed by atoms with van der Waals surface area (Å²) in [7, 11) is 3.70. The number of ether oxygens (including phenoxy) is 2. The van der Waals surface area contributed by atoms with Gasteiger partial charge >= 0.3 is 0 Å². The summed E-state index contributed by atoms with van der Waals surface area (Å²) in [5.74, 6) is 1.12. The Morgan fingerprint density at radius 3 is 2.16 bits per heavy atom. The molecule has 5 heteroatoms. The molecule has 0 aromatic rings. The van der Waals surface area contributed by atoms with Crippen molar-refractivity contribution in [2.45, 2.75) is 65.0 Å². The van der Waals surface area contributed by atoms with E-state index in [1.165, 1.54) is 0 Å². The van der Waals surface area contributed by atoms with Crippen molar-refractivity contribution in [3.8, 4) is 0 Å². The Labute approximate surface area is 127 Å². The number of nitrogens with one attached hydrogen (secondary N) is 1. The van der Waals surface area contributed by atoms with Gasteiger partial charge in [-0.1, -0.05) is 35.4 Å². The molecule has 0 fully saturated rings. The first-order valence-corrected chi connectivity index (χ1v) is 9.65. The highest BCUT2D eigenvalue weighted by atomic mass is 33.1. The normalized spacial score (nSPS) is 13.4. The Balaban J connectivity index is 3.19. The van der Waals surface area contributed by atoms with Gasteiger partial charge in [0.05, 0.1) is 6.10 Å². The second-order valence-corrected chi connectivity index (χ2v) is 7.88. The summed E-state index contributed by atoms with van der Waals surface area (Å²) in [6.07, 6.45) is 2.50. The van der Waals surface area contributed by atoms with E-state index in [0.717, 1.165) is 38.4 Å². The standard InChI is InChI=1S/C14H31NO2S2/c1-12(2)15-8-11-18-19-14(5)17-10-7-6-9-16-13(3)4/h12-15H,6-11H2,1-5H3. The quantitative estimate of drug-likeness (QED) is 0.316. The molecule has 0 saturated heterocycles. The maximum Gasteiger partial charge on any atom is 0.110 e. The van der Waals surface area contributed by atoms with Crippen LogP contribution in [-0.4, -0.2) is 43.1 Å². The Hall–Kier alpha value is 0.580. The minimum Gasteiger partial charge on any atom is -0.379 e. The molecule has 0 aliphatic rings. The van der Waals surface area contributed by atoms with Gasteiger partial charge in [-0.3, -0.25) is 0 Å². The Kier molecular flexibility index (Phi) is 14.0. The van der Waals surface area contributed by atoms with Gasteiger partial charge in [-0.15, -0.1) is 0 Å². The lowest BCUT2D eigenvalue weighted by atomic mass is 10.3. The molecule has 0 amide bonds. The van der Waals surface area contributed by atoms with Crippen LogP contribution in [0.15, 0.2) is 0 Å². The van der Waals surface area contributed by atoms with Crippen LogP contribution in [0.2, 0.25) is 0 Å². The van der Waals surface area contributed by atoms with E-state index in [9.17, 15) is 0 Å². The lowest BCUT2D eigenvalue weighted by Gasteiger charge is -2.13. The molecule has 1 unspecified atom stereocenters. The van der Waals surface area contributed by atoms with Crippen LogP contribution in [0.25, 0.3) is 0 Å². The monoisotopic (exact) mass is 309 g/mol. The molecule has 0 aliphatic carbocycles. The average molecular weight is 310 g/mol. The van der Waals surface area contributed by atoms with Crippen LogP contribution in [0, 0.1) is 0 Å². The van der Waals surface area contributed by atoms with E-state index in [4.69, 9.17) is 9.47 Å². The minimum absolute atomic E-state index is 0.273. The van der Waals surface area contributed by atoms with Crippen molar-refractivity contribution >= 4 is 21.6 Å². The zero-order chi connectivity index (χ0) is 14.5. The predicted molar refractivity (Wildman–Crippen MR) is 88.9 cm³/mol. The SMILES string of the molecule is CC(C)NCCSSC(C)OCCCCOC(C)C. The van der Waals surface area contributed by atoms with E-state index in [-0.39, 0.29) is 5.44 Å². The lowest BCUT2D eigenvalue weighted by molar-refractivity contribution is 0.0650. The van der Waals surface area contributed by atoms with E-state index in [0.29, 0.717) is 12.1 Å². The predicted octanol–water partition coefficient (Wildman–Crippen LogP) is 3.93. The molecular weight excluding hydrogens is 278 g/mol.